The predicted molar refractivity (Wildman–Crippen MR) is 83.6 cm³/mol. The highest BCUT2D eigenvalue weighted by atomic mass is 32.2. The van der Waals surface area contributed by atoms with Gasteiger partial charge in [0.25, 0.3) is 0 Å². The Balaban J connectivity index is 2.08. The first-order chi connectivity index (χ1) is 9.54. The molecule has 0 unspecified atom stereocenters. The van der Waals surface area contributed by atoms with Crippen molar-refractivity contribution in [2.75, 3.05) is 0 Å². The summed E-state index contributed by atoms with van der Waals surface area (Å²) in [4.78, 5) is 1.22. The molecule has 0 N–H and O–H groups in total. The standard InChI is InChI=1S/C17H19NOS/c1-17(2,3)18-20-15-12-8-7-11-14(15)16(19-20)13-9-5-4-6-10-13/h4-12,16H,1-3H3/t16-,20-/m0/s1. The SMILES string of the molecule is CC(C)(C)N=[S@]1O[C@@H](c2ccccc2)c2ccccc21. The molecule has 1 heterocycles. The van der Waals surface area contributed by atoms with Gasteiger partial charge in [0.2, 0.25) is 0 Å². The Kier molecular flexibility index (Phi) is 3.48. The monoisotopic (exact) mass is 285 g/mol. The molecular formula is C17H19NOS. The quantitative estimate of drug-likeness (QED) is 0.745. The minimum Gasteiger partial charge on any atom is -0.289 e. The maximum absolute atomic E-state index is 6.26. The summed E-state index contributed by atoms with van der Waals surface area (Å²) in [5, 5.41) is 0. The fourth-order valence-corrected chi connectivity index (χ4v) is 3.94. The predicted octanol–water partition coefficient (Wildman–Crippen LogP) is 4.68. The summed E-state index contributed by atoms with van der Waals surface area (Å²) >= 11 is 0. The summed E-state index contributed by atoms with van der Waals surface area (Å²) in [6.45, 7) is 6.34. The van der Waals surface area contributed by atoms with Gasteiger partial charge in [-0.15, -0.1) is 0 Å². The van der Waals surface area contributed by atoms with E-state index in [-0.39, 0.29) is 11.6 Å². The van der Waals surface area contributed by atoms with Crippen molar-refractivity contribution < 1.29 is 4.18 Å². The van der Waals surface area contributed by atoms with E-state index in [1.54, 1.807) is 0 Å². The van der Waals surface area contributed by atoms with Crippen molar-refractivity contribution in [2.45, 2.75) is 37.3 Å². The molecule has 3 rings (SSSR count). The van der Waals surface area contributed by atoms with Crippen LogP contribution in [0.15, 0.2) is 63.9 Å². The maximum atomic E-state index is 6.26. The third-order valence-electron chi connectivity index (χ3n) is 3.04. The van der Waals surface area contributed by atoms with Gasteiger partial charge in [0.15, 0.2) is 0 Å². The van der Waals surface area contributed by atoms with Gasteiger partial charge in [-0.1, -0.05) is 48.5 Å². The third-order valence-corrected chi connectivity index (χ3v) is 4.87. The lowest BCUT2D eigenvalue weighted by molar-refractivity contribution is 0.301. The summed E-state index contributed by atoms with van der Waals surface area (Å²) in [5.74, 6) is 0. The molecular weight excluding hydrogens is 266 g/mol. The van der Waals surface area contributed by atoms with Crippen LogP contribution in [0.1, 0.15) is 38.0 Å². The van der Waals surface area contributed by atoms with Crippen LogP contribution in [0.3, 0.4) is 0 Å². The lowest BCUT2D eigenvalue weighted by Gasteiger charge is -2.14. The molecule has 2 aromatic carbocycles. The van der Waals surface area contributed by atoms with Crippen molar-refractivity contribution in [2.24, 2.45) is 4.36 Å². The van der Waals surface area contributed by atoms with Crippen molar-refractivity contribution in [3.63, 3.8) is 0 Å². The highest BCUT2D eigenvalue weighted by Crippen LogP contribution is 2.40. The molecule has 0 bridgehead atoms. The van der Waals surface area contributed by atoms with Crippen molar-refractivity contribution in [3.05, 3.63) is 65.7 Å². The molecule has 3 heteroatoms. The van der Waals surface area contributed by atoms with Gasteiger partial charge in [0.1, 0.15) is 6.10 Å². The number of fused-ring (bicyclic) bond motifs is 1. The van der Waals surface area contributed by atoms with Crippen LogP contribution in [-0.2, 0) is 15.2 Å². The molecule has 2 aromatic rings. The van der Waals surface area contributed by atoms with E-state index < -0.39 is 11.0 Å². The highest BCUT2D eigenvalue weighted by molar-refractivity contribution is 7.83. The van der Waals surface area contributed by atoms with E-state index in [2.05, 4.69) is 69.3 Å². The Morgan fingerprint density at radius 1 is 0.950 bits per heavy atom. The van der Waals surface area contributed by atoms with Crippen LogP contribution in [0.2, 0.25) is 0 Å². The molecule has 0 spiro atoms. The van der Waals surface area contributed by atoms with Crippen LogP contribution in [0, 0.1) is 0 Å². The smallest absolute Gasteiger partial charge is 0.125 e. The lowest BCUT2D eigenvalue weighted by Crippen LogP contribution is -2.11. The summed E-state index contributed by atoms with van der Waals surface area (Å²) in [5.41, 5.74) is 2.34. The first kappa shape index (κ1) is 13.5. The zero-order valence-electron chi connectivity index (χ0n) is 12.0. The fraction of sp³-hybridized carbons (Fsp3) is 0.294. The minimum absolute atomic E-state index is 0.00170. The van der Waals surface area contributed by atoms with Crippen molar-refractivity contribution in [1.29, 1.82) is 0 Å². The van der Waals surface area contributed by atoms with Crippen LogP contribution in [0.5, 0.6) is 0 Å². The number of benzene rings is 2. The van der Waals surface area contributed by atoms with E-state index >= 15 is 0 Å². The largest absolute Gasteiger partial charge is 0.289 e. The van der Waals surface area contributed by atoms with Gasteiger partial charge in [-0.2, -0.15) is 0 Å². The molecule has 1 aliphatic rings. The van der Waals surface area contributed by atoms with E-state index in [0.717, 1.165) is 0 Å². The first-order valence-electron chi connectivity index (χ1n) is 6.83. The fourth-order valence-electron chi connectivity index (χ4n) is 2.23. The van der Waals surface area contributed by atoms with Gasteiger partial charge < -0.3 is 0 Å². The maximum Gasteiger partial charge on any atom is 0.125 e. The van der Waals surface area contributed by atoms with Gasteiger partial charge in [0.05, 0.1) is 21.4 Å². The normalized spacial score (nSPS) is 21.9. The Labute approximate surface area is 123 Å². The molecule has 104 valence electrons. The van der Waals surface area contributed by atoms with Crippen LogP contribution in [-0.4, -0.2) is 5.54 Å². The van der Waals surface area contributed by atoms with Gasteiger partial charge >= 0.3 is 0 Å². The third kappa shape index (κ3) is 2.69. The molecule has 20 heavy (non-hydrogen) atoms. The Morgan fingerprint density at radius 3 is 2.30 bits per heavy atom. The number of hydrogen-bond donors (Lipinski definition) is 0. The van der Waals surface area contributed by atoms with E-state index in [0.29, 0.717) is 0 Å². The molecule has 0 saturated carbocycles. The van der Waals surface area contributed by atoms with Crippen LogP contribution in [0.4, 0.5) is 0 Å². The van der Waals surface area contributed by atoms with Crippen molar-refractivity contribution >= 4 is 11.0 Å². The number of nitrogens with zero attached hydrogens (tertiary/aromatic N) is 1. The second-order valence-corrected chi connectivity index (χ2v) is 7.25. The van der Waals surface area contributed by atoms with E-state index in [9.17, 15) is 0 Å². The van der Waals surface area contributed by atoms with E-state index in [1.807, 2.05) is 6.07 Å². The van der Waals surface area contributed by atoms with Gasteiger partial charge in [-0.25, -0.2) is 4.36 Å². The Hall–Kier alpha value is -1.45. The molecule has 2 nitrogen and oxygen atoms in total. The topological polar surface area (TPSA) is 21.6 Å². The number of rotatable bonds is 1. The van der Waals surface area contributed by atoms with Gasteiger partial charge in [-0.3, -0.25) is 4.18 Å². The molecule has 0 amide bonds. The molecule has 1 aliphatic heterocycles. The van der Waals surface area contributed by atoms with Gasteiger partial charge in [0, 0.05) is 5.56 Å². The summed E-state index contributed by atoms with van der Waals surface area (Å²) in [6, 6.07) is 18.8. The second-order valence-electron chi connectivity index (χ2n) is 5.94. The van der Waals surface area contributed by atoms with Crippen molar-refractivity contribution in [3.8, 4) is 0 Å². The molecule has 0 aliphatic carbocycles. The average molecular weight is 285 g/mol. The number of hydrogen-bond acceptors (Lipinski definition) is 2. The van der Waals surface area contributed by atoms with E-state index in [1.165, 1.54) is 16.0 Å². The molecule has 0 fully saturated rings. The minimum atomic E-state index is -0.477. The second kappa shape index (κ2) is 5.15. The zero-order chi connectivity index (χ0) is 14.2. The Morgan fingerprint density at radius 2 is 1.60 bits per heavy atom. The molecule has 0 aromatic heterocycles. The zero-order valence-corrected chi connectivity index (χ0v) is 12.9. The van der Waals surface area contributed by atoms with Crippen LogP contribution in [0.25, 0.3) is 0 Å². The summed E-state index contributed by atoms with van der Waals surface area (Å²) in [7, 11) is -0.477. The highest BCUT2D eigenvalue weighted by Gasteiger charge is 2.30. The first-order valence-corrected chi connectivity index (χ1v) is 7.93. The summed E-state index contributed by atoms with van der Waals surface area (Å²) in [6.07, 6.45) is 0.00170. The van der Waals surface area contributed by atoms with Crippen LogP contribution >= 0.6 is 0 Å². The molecule has 2 atom stereocenters. The molecule has 0 saturated heterocycles. The van der Waals surface area contributed by atoms with E-state index in [4.69, 9.17) is 8.55 Å². The lowest BCUT2D eigenvalue weighted by atomic mass is 10.0. The molecule has 0 radical (unpaired) electrons. The van der Waals surface area contributed by atoms with Crippen LogP contribution < -0.4 is 0 Å². The Bertz CT molecular complexity index is 644. The van der Waals surface area contributed by atoms with Gasteiger partial charge in [-0.05, 0) is 32.4 Å². The summed E-state index contributed by atoms with van der Waals surface area (Å²) < 4.78 is 11.1. The average Bonchev–Trinajstić information content (AvgIpc) is 2.77. The van der Waals surface area contributed by atoms with Crippen molar-refractivity contribution in [1.82, 2.24) is 0 Å².